The summed E-state index contributed by atoms with van der Waals surface area (Å²) in [5, 5.41) is 9.78. The van der Waals surface area contributed by atoms with Gasteiger partial charge in [-0.15, -0.1) is 0 Å². The van der Waals surface area contributed by atoms with Crippen LogP contribution in [0.5, 0.6) is 0 Å². The van der Waals surface area contributed by atoms with Crippen molar-refractivity contribution in [2.24, 2.45) is 0 Å². The Morgan fingerprint density at radius 2 is 1.85 bits per heavy atom. The lowest BCUT2D eigenvalue weighted by Crippen LogP contribution is -2.44. The minimum absolute atomic E-state index is 0.0729. The van der Waals surface area contributed by atoms with Gasteiger partial charge in [0.05, 0.1) is 17.1 Å². The van der Waals surface area contributed by atoms with Crippen molar-refractivity contribution in [3.63, 3.8) is 0 Å². The Morgan fingerprint density at radius 1 is 1.08 bits per heavy atom. The third-order valence-corrected chi connectivity index (χ3v) is 4.23. The molecule has 10 heteroatoms. The molecular formula is C16H14F4N6. The van der Waals surface area contributed by atoms with E-state index < -0.39 is 17.6 Å². The molecule has 2 N–H and O–H groups in total. The van der Waals surface area contributed by atoms with Gasteiger partial charge in [-0.05, 0) is 18.2 Å². The topological polar surface area (TPSA) is 69.7 Å². The zero-order valence-electron chi connectivity index (χ0n) is 13.4. The second-order valence-corrected chi connectivity index (χ2v) is 5.92. The maximum atomic E-state index is 13.6. The molecule has 0 spiro atoms. The van der Waals surface area contributed by atoms with Crippen LogP contribution in [0.1, 0.15) is 5.56 Å². The molecule has 26 heavy (non-hydrogen) atoms. The highest BCUT2D eigenvalue weighted by atomic mass is 19.4. The Labute approximate surface area is 145 Å². The molecule has 3 aromatic rings. The van der Waals surface area contributed by atoms with E-state index >= 15 is 0 Å². The number of pyridine rings is 2. The zero-order valence-corrected chi connectivity index (χ0v) is 13.4. The number of halogens is 4. The highest BCUT2D eigenvalue weighted by Crippen LogP contribution is 2.38. The number of nitrogens with zero attached hydrogens (tertiary/aromatic N) is 4. The van der Waals surface area contributed by atoms with E-state index in [9.17, 15) is 17.6 Å². The molecule has 0 aliphatic carbocycles. The minimum atomic E-state index is -4.61. The average Bonchev–Trinajstić information content (AvgIpc) is 3.04. The fraction of sp³-hybridized carbons (Fsp3) is 0.312. The molecule has 0 atom stereocenters. The molecule has 0 saturated carbocycles. The maximum Gasteiger partial charge on any atom is 0.418 e. The summed E-state index contributed by atoms with van der Waals surface area (Å²) in [5.74, 6) is -0.234. The molecule has 1 aliphatic rings. The maximum absolute atomic E-state index is 13.6. The Balaban J connectivity index is 1.89. The Bertz CT molecular complexity index is 946. The van der Waals surface area contributed by atoms with Gasteiger partial charge in [0.25, 0.3) is 0 Å². The number of anilines is 1. The van der Waals surface area contributed by atoms with Crippen molar-refractivity contribution >= 4 is 16.9 Å². The van der Waals surface area contributed by atoms with E-state index in [1.54, 1.807) is 0 Å². The van der Waals surface area contributed by atoms with Crippen LogP contribution in [0.25, 0.3) is 22.4 Å². The van der Waals surface area contributed by atoms with E-state index in [2.05, 4.69) is 25.5 Å². The lowest BCUT2D eigenvalue weighted by Gasteiger charge is -2.29. The summed E-state index contributed by atoms with van der Waals surface area (Å²) in [4.78, 5) is 9.94. The summed E-state index contributed by atoms with van der Waals surface area (Å²) in [5.41, 5.74) is -1.14. The van der Waals surface area contributed by atoms with Gasteiger partial charge in [-0.25, -0.2) is 14.4 Å². The van der Waals surface area contributed by atoms with Crippen LogP contribution in [-0.4, -0.2) is 46.3 Å². The number of nitrogens with one attached hydrogen (secondary N) is 2. The van der Waals surface area contributed by atoms with E-state index in [-0.39, 0.29) is 22.4 Å². The number of rotatable bonds is 2. The summed E-state index contributed by atoms with van der Waals surface area (Å²) >= 11 is 0. The Hall–Kier alpha value is -2.75. The summed E-state index contributed by atoms with van der Waals surface area (Å²) in [6.45, 7) is 2.71. The SMILES string of the molecule is Fc1cnc2[nH]nc(-c3nc(N4CCNCC4)ccc3C(F)(F)F)c2c1. The Kier molecular flexibility index (Phi) is 3.98. The van der Waals surface area contributed by atoms with E-state index in [0.717, 1.165) is 31.4 Å². The van der Waals surface area contributed by atoms with Crippen molar-refractivity contribution in [1.29, 1.82) is 0 Å². The van der Waals surface area contributed by atoms with E-state index in [4.69, 9.17) is 0 Å². The first-order chi connectivity index (χ1) is 12.4. The molecule has 0 amide bonds. The summed E-state index contributed by atoms with van der Waals surface area (Å²) < 4.78 is 54.1. The number of aromatic amines is 1. The molecule has 4 rings (SSSR count). The van der Waals surface area contributed by atoms with Gasteiger partial charge in [-0.3, -0.25) is 5.10 Å². The predicted octanol–water partition coefficient (Wildman–Crippen LogP) is 2.59. The quantitative estimate of drug-likeness (QED) is 0.683. The zero-order chi connectivity index (χ0) is 18.3. The van der Waals surface area contributed by atoms with Crippen LogP contribution in [-0.2, 0) is 6.18 Å². The van der Waals surface area contributed by atoms with Crippen molar-refractivity contribution in [2.75, 3.05) is 31.1 Å². The standard InChI is InChI=1S/C16H14F4N6/c17-9-7-10-13(24-25-15(10)22-8-9)14-11(16(18,19)20)1-2-12(23-14)26-5-3-21-4-6-26/h1-2,7-8,21H,3-6H2,(H,22,24,25). The lowest BCUT2D eigenvalue weighted by atomic mass is 10.1. The van der Waals surface area contributed by atoms with Crippen molar-refractivity contribution < 1.29 is 17.6 Å². The smallest absolute Gasteiger partial charge is 0.354 e. The normalized spacial score (nSPS) is 15.6. The van der Waals surface area contributed by atoms with Gasteiger partial charge in [-0.2, -0.15) is 18.3 Å². The van der Waals surface area contributed by atoms with Crippen LogP contribution in [0.2, 0.25) is 0 Å². The molecular weight excluding hydrogens is 352 g/mol. The molecule has 3 aromatic heterocycles. The Morgan fingerprint density at radius 3 is 2.58 bits per heavy atom. The van der Waals surface area contributed by atoms with Gasteiger partial charge in [0, 0.05) is 26.2 Å². The number of aromatic nitrogens is 4. The van der Waals surface area contributed by atoms with E-state index in [1.165, 1.54) is 6.07 Å². The van der Waals surface area contributed by atoms with Crippen LogP contribution in [0.3, 0.4) is 0 Å². The number of H-pyrrole nitrogens is 1. The highest BCUT2D eigenvalue weighted by molar-refractivity contribution is 5.90. The third-order valence-electron chi connectivity index (χ3n) is 4.23. The van der Waals surface area contributed by atoms with Crippen molar-refractivity contribution in [2.45, 2.75) is 6.18 Å². The minimum Gasteiger partial charge on any atom is -0.354 e. The second-order valence-electron chi connectivity index (χ2n) is 5.92. The van der Waals surface area contributed by atoms with E-state index in [1.807, 2.05) is 4.90 Å². The molecule has 136 valence electrons. The first kappa shape index (κ1) is 16.7. The molecule has 0 bridgehead atoms. The van der Waals surface area contributed by atoms with Crippen LogP contribution in [0.4, 0.5) is 23.4 Å². The van der Waals surface area contributed by atoms with Crippen LogP contribution >= 0.6 is 0 Å². The van der Waals surface area contributed by atoms with Crippen molar-refractivity contribution in [3.8, 4) is 11.4 Å². The molecule has 6 nitrogen and oxygen atoms in total. The number of alkyl halides is 3. The molecule has 0 radical (unpaired) electrons. The average molecular weight is 366 g/mol. The fourth-order valence-electron chi connectivity index (χ4n) is 2.99. The monoisotopic (exact) mass is 366 g/mol. The van der Waals surface area contributed by atoms with E-state index in [0.29, 0.717) is 18.9 Å². The molecule has 1 aliphatic heterocycles. The first-order valence-corrected chi connectivity index (χ1v) is 7.97. The van der Waals surface area contributed by atoms with Crippen LogP contribution < -0.4 is 10.2 Å². The fourth-order valence-corrected chi connectivity index (χ4v) is 2.99. The number of hydrogen-bond donors (Lipinski definition) is 2. The largest absolute Gasteiger partial charge is 0.418 e. The number of fused-ring (bicyclic) bond motifs is 1. The lowest BCUT2D eigenvalue weighted by molar-refractivity contribution is -0.137. The molecule has 4 heterocycles. The van der Waals surface area contributed by atoms with Gasteiger partial charge >= 0.3 is 6.18 Å². The predicted molar refractivity (Wildman–Crippen MR) is 87.2 cm³/mol. The second kappa shape index (κ2) is 6.20. The van der Waals surface area contributed by atoms with Crippen LogP contribution in [0.15, 0.2) is 24.4 Å². The van der Waals surface area contributed by atoms with Gasteiger partial charge in [-0.1, -0.05) is 0 Å². The third kappa shape index (κ3) is 2.96. The van der Waals surface area contributed by atoms with Gasteiger partial charge in [0.15, 0.2) is 5.65 Å². The van der Waals surface area contributed by atoms with Gasteiger partial charge in [0.1, 0.15) is 23.0 Å². The highest BCUT2D eigenvalue weighted by Gasteiger charge is 2.36. The van der Waals surface area contributed by atoms with Crippen molar-refractivity contribution in [3.05, 3.63) is 35.8 Å². The molecule has 0 aromatic carbocycles. The summed E-state index contributed by atoms with van der Waals surface area (Å²) in [6, 6.07) is 3.44. The number of piperazine rings is 1. The summed E-state index contributed by atoms with van der Waals surface area (Å²) in [7, 11) is 0. The molecule has 1 fully saturated rings. The van der Waals surface area contributed by atoms with Gasteiger partial charge < -0.3 is 10.2 Å². The summed E-state index contributed by atoms with van der Waals surface area (Å²) in [6.07, 6.45) is -3.64. The molecule has 0 unspecified atom stereocenters. The van der Waals surface area contributed by atoms with Crippen LogP contribution in [0, 0.1) is 5.82 Å². The number of hydrogen-bond acceptors (Lipinski definition) is 5. The van der Waals surface area contributed by atoms with Gasteiger partial charge in [0.2, 0.25) is 0 Å². The first-order valence-electron chi connectivity index (χ1n) is 7.97. The van der Waals surface area contributed by atoms with Crippen molar-refractivity contribution in [1.82, 2.24) is 25.5 Å². The molecule has 1 saturated heterocycles.